The molecule has 2 rings (SSSR count). The summed E-state index contributed by atoms with van der Waals surface area (Å²) in [7, 11) is 0. The first-order chi connectivity index (χ1) is 10.3. The summed E-state index contributed by atoms with van der Waals surface area (Å²) in [5.74, 6) is -0.0321. The number of nitrogens with one attached hydrogen (secondary N) is 2. The third kappa shape index (κ3) is 3.08. The minimum absolute atomic E-state index is 0.0807. The monoisotopic (exact) mass is 303 g/mol. The zero-order valence-electron chi connectivity index (χ0n) is 14.0. The van der Waals surface area contributed by atoms with Gasteiger partial charge in [-0.25, -0.2) is 0 Å². The molecule has 0 aliphatic carbocycles. The van der Waals surface area contributed by atoms with Gasteiger partial charge in [-0.15, -0.1) is 0 Å². The van der Waals surface area contributed by atoms with E-state index < -0.39 is 5.41 Å². The lowest BCUT2D eigenvalue weighted by atomic mass is 9.96. The molecule has 0 spiro atoms. The number of anilines is 2. The van der Waals surface area contributed by atoms with Crippen LogP contribution < -0.4 is 15.8 Å². The fourth-order valence-corrected chi connectivity index (χ4v) is 2.48. The molecular weight excluding hydrogens is 278 g/mol. The van der Waals surface area contributed by atoms with Crippen molar-refractivity contribution >= 4 is 23.2 Å². The van der Waals surface area contributed by atoms with Crippen molar-refractivity contribution in [3.8, 4) is 0 Å². The topological polar surface area (TPSA) is 61.4 Å². The molecule has 5 nitrogen and oxygen atoms in total. The molecule has 1 aromatic carbocycles. The number of carbonyl (C=O) groups is 2. The molecule has 1 aliphatic rings. The van der Waals surface area contributed by atoms with Crippen molar-refractivity contribution in [2.75, 3.05) is 16.9 Å². The molecule has 0 saturated heterocycles. The molecule has 2 N–H and O–H groups in total. The number of hydrogen-bond acceptors (Lipinski definition) is 3. The van der Waals surface area contributed by atoms with Crippen LogP contribution in [0.1, 0.15) is 52.5 Å². The van der Waals surface area contributed by atoms with Crippen molar-refractivity contribution in [3.63, 3.8) is 0 Å². The molecule has 1 aromatic rings. The summed E-state index contributed by atoms with van der Waals surface area (Å²) in [6.45, 7) is 10.3. The van der Waals surface area contributed by atoms with Gasteiger partial charge in [0.2, 0.25) is 11.8 Å². The van der Waals surface area contributed by atoms with Crippen molar-refractivity contribution in [3.05, 3.63) is 23.8 Å². The SMILES string of the molecule is CCCN1C(=O)C(C)c2ccc(NNC(=O)C(C)(C)C)cc21. The van der Waals surface area contributed by atoms with E-state index in [-0.39, 0.29) is 17.7 Å². The number of hydrazine groups is 1. The quantitative estimate of drug-likeness (QED) is 0.840. The molecule has 22 heavy (non-hydrogen) atoms. The summed E-state index contributed by atoms with van der Waals surface area (Å²) in [6, 6.07) is 5.77. The van der Waals surface area contributed by atoms with Crippen LogP contribution in [-0.2, 0) is 9.59 Å². The lowest BCUT2D eigenvalue weighted by Crippen LogP contribution is -2.38. The zero-order chi connectivity index (χ0) is 16.5. The van der Waals surface area contributed by atoms with Gasteiger partial charge in [0, 0.05) is 17.6 Å². The summed E-state index contributed by atoms with van der Waals surface area (Å²) in [6.07, 6.45) is 0.913. The highest BCUT2D eigenvalue weighted by atomic mass is 16.2. The minimum atomic E-state index is -0.456. The van der Waals surface area contributed by atoms with E-state index in [0.29, 0.717) is 6.54 Å². The number of amides is 2. The fraction of sp³-hybridized carbons (Fsp3) is 0.529. The van der Waals surface area contributed by atoms with Gasteiger partial charge in [0.05, 0.1) is 11.6 Å². The summed E-state index contributed by atoms with van der Waals surface area (Å²) < 4.78 is 0. The fourth-order valence-electron chi connectivity index (χ4n) is 2.48. The lowest BCUT2D eigenvalue weighted by Gasteiger charge is -2.20. The van der Waals surface area contributed by atoms with E-state index in [1.54, 1.807) is 0 Å². The number of nitrogens with zero attached hydrogens (tertiary/aromatic N) is 1. The maximum Gasteiger partial charge on any atom is 0.243 e. The highest BCUT2D eigenvalue weighted by Crippen LogP contribution is 2.38. The van der Waals surface area contributed by atoms with Crippen molar-refractivity contribution in [2.24, 2.45) is 5.41 Å². The maximum absolute atomic E-state index is 12.3. The van der Waals surface area contributed by atoms with Crippen LogP contribution in [0.15, 0.2) is 18.2 Å². The van der Waals surface area contributed by atoms with Crippen LogP contribution in [0.2, 0.25) is 0 Å². The Kier molecular flexibility index (Phi) is 4.44. The van der Waals surface area contributed by atoms with Crippen LogP contribution in [0.25, 0.3) is 0 Å². The molecular formula is C17H25N3O2. The van der Waals surface area contributed by atoms with Gasteiger partial charge in [0.1, 0.15) is 0 Å². The Morgan fingerprint density at radius 1 is 1.32 bits per heavy atom. The number of benzene rings is 1. The number of rotatable bonds is 4. The summed E-state index contributed by atoms with van der Waals surface area (Å²) in [5.41, 5.74) is 7.95. The van der Waals surface area contributed by atoms with Gasteiger partial charge in [-0.3, -0.25) is 20.4 Å². The van der Waals surface area contributed by atoms with Crippen molar-refractivity contribution in [1.29, 1.82) is 0 Å². The molecule has 0 fully saturated rings. The van der Waals surface area contributed by atoms with E-state index in [4.69, 9.17) is 0 Å². The second-order valence-electron chi connectivity index (χ2n) is 6.81. The summed E-state index contributed by atoms with van der Waals surface area (Å²) in [4.78, 5) is 26.0. The zero-order valence-corrected chi connectivity index (χ0v) is 14.0. The second kappa shape index (κ2) is 5.99. The molecule has 0 saturated carbocycles. The maximum atomic E-state index is 12.3. The number of fused-ring (bicyclic) bond motifs is 1. The molecule has 2 amide bonds. The van der Waals surface area contributed by atoms with Crippen LogP contribution in [0, 0.1) is 5.41 Å². The van der Waals surface area contributed by atoms with Crippen molar-refractivity contribution in [1.82, 2.24) is 5.43 Å². The van der Waals surface area contributed by atoms with Crippen LogP contribution in [0.5, 0.6) is 0 Å². The van der Waals surface area contributed by atoms with E-state index in [1.807, 2.05) is 50.8 Å². The van der Waals surface area contributed by atoms with Gasteiger partial charge in [-0.2, -0.15) is 0 Å². The first-order valence-corrected chi connectivity index (χ1v) is 7.77. The molecule has 120 valence electrons. The van der Waals surface area contributed by atoms with Gasteiger partial charge < -0.3 is 4.90 Å². The number of carbonyl (C=O) groups excluding carboxylic acids is 2. The van der Waals surface area contributed by atoms with Gasteiger partial charge in [-0.05, 0) is 31.0 Å². The van der Waals surface area contributed by atoms with Gasteiger partial charge in [0.25, 0.3) is 0 Å². The first kappa shape index (κ1) is 16.3. The van der Waals surface area contributed by atoms with E-state index in [9.17, 15) is 9.59 Å². The Morgan fingerprint density at radius 3 is 2.59 bits per heavy atom. The van der Waals surface area contributed by atoms with Crippen LogP contribution in [-0.4, -0.2) is 18.4 Å². The van der Waals surface area contributed by atoms with E-state index in [2.05, 4.69) is 17.8 Å². The third-order valence-corrected chi connectivity index (χ3v) is 3.87. The molecule has 0 radical (unpaired) electrons. The lowest BCUT2D eigenvalue weighted by molar-refractivity contribution is -0.128. The largest absolute Gasteiger partial charge is 0.312 e. The van der Waals surface area contributed by atoms with Gasteiger partial charge in [0.15, 0.2) is 0 Å². The minimum Gasteiger partial charge on any atom is -0.312 e. The van der Waals surface area contributed by atoms with E-state index in [0.717, 1.165) is 23.4 Å². The molecule has 1 atom stereocenters. The Balaban J connectivity index is 2.18. The highest BCUT2D eigenvalue weighted by Gasteiger charge is 2.33. The third-order valence-electron chi connectivity index (χ3n) is 3.87. The average molecular weight is 303 g/mol. The first-order valence-electron chi connectivity index (χ1n) is 7.77. The van der Waals surface area contributed by atoms with Crippen LogP contribution in [0.3, 0.4) is 0 Å². The van der Waals surface area contributed by atoms with Crippen molar-refractivity contribution < 1.29 is 9.59 Å². The molecule has 1 aliphatic heterocycles. The second-order valence-corrected chi connectivity index (χ2v) is 6.81. The number of hydrogen-bond donors (Lipinski definition) is 2. The molecule has 0 aromatic heterocycles. The Morgan fingerprint density at radius 2 is 2.00 bits per heavy atom. The molecule has 1 unspecified atom stereocenters. The summed E-state index contributed by atoms with van der Waals surface area (Å²) >= 11 is 0. The predicted molar refractivity (Wildman–Crippen MR) is 88.7 cm³/mol. The molecule has 5 heteroatoms. The Hall–Kier alpha value is -2.04. The predicted octanol–water partition coefficient (Wildman–Crippen LogP) is 3.04. The van der Waals surface area contributed by atoms with Crippen molar-refractivity contribution in [2.45, 2.75) is 47.0 Å². The highest BCUT2D eigenvalue weighted by molar-refractivity contribution is 6.05. The Bertz CT molecular complexity index is 590. The normalized spacial score (nSPS) is 17.4. The smallest absolute Gasteiger partial charge is 0.243 e. The molecule has 0 bridgehead atoms. The summed E-state index contributed by atoms with van der Waals surface area (Å²) in [5, 5.41) is 0. The Labute approximate surface area is 132 Å². The average Bonchev–Trinajstić information content (AvgIpc) is 2.69. The van der Waals surface area contributed by atoms with E-state index in [1.165, 1.54) is 0 Å². The van der Waals surface area contributed by atoms with Crippen LogP contribution >= 0.6 is 0 Å². The van der Waals surface area contributed by atoms with Crippen LogP contribution in [0.4, 0.5) is 11.4 Å². The van der Waals surface area contributed by atoms with Gasteiger partial charge >= 0.3 is 0 Å². The van der Waals surface area contributed by atoms with E-state index >= 15 is 0 Å². The molecule has 1 heterocycles. The standard InChI is InChI=1S/C17H25N3O2/c1-6-9-20-14-10-12(18-19-16(22)17(3,4)5)7-8-13(14)11(2)15(20)21/h7-8,10-11,18H,6,9H2,1-5H3,(H,19,22). The van der Waals surface area contributed by atoms with Gasteiger partial charge in [-0.1, -0.05) is 33.8 Å².